The molecule has 0 amide bonds. The molecule has 96 valence electrons. The number of hydrogen-bond acceptors (Lipinski definition) is 4. The first-order valence-corrected chi connectivity index (χ1v) is 6.50. The van der Waals surface area contributed by atoms with E-state index >= 15 is 0 Å². The van der Waals surface area contributed by atoms with Crippen molar-refractivity contribution < 1.29 is 17.9 Å². The monoisotopic (exact) mass is 262 g/mol. The van der Waals surface area contributed by atoms with Gasteiger partial charge in [0.15, 0.2) is 0 Å². The minimum atomic E-state index is -3.79. The predicted octanol–water partition coefficient (Wildman–Crippen LogP) is -0.188. The van der Waals surface area contributed by atoms with Crippen LogP contribution in [0.1, 0.15) is 6.92 Å². The van der Waals surface area contributed by atoms with Crippen molar-refractivity contribution in [2.75, 3.05) is 6.54 Å². The molecule has 5 nitrogen and oxygen atoms in total. The highest BCUT2D eigenvalue weighted by atomic mass is 32.2. The van der Waals surface area contributed by atoms with E-state index in [1.54, 1.807) is 0 Å². The van der Waals surface area contributed by atoms with Crippen molar-refractivity contribution in [1.82, 2.24) is 4.72 Å². The summed E-state index contributed by atoms with van der Waals surface area (Å²) in [6.45, 7) is 1.34. The maximum absolute atomic E-state index is 12.9. The fraction of sp³-hybridized carbons (Fsp3) is 0.400. The maximum atomic E-state index is 12.9. The van der Waals surface area contributed by atoms with Crippen LogP contribution in [-0.4, -0.2) is 32.2 Å². The summed E-state index contributed by atoms with van der Waals surface area (Å²) in [5, 5.41) is 9.11. The van der Waals surface area contributed by atoms with Crippen LogP contribution in [0.15, 0.2) is 29.2 Å². The van der Waals surface area contributed by atoms with E-state index in [9.17, 15) is 12.8 Å². The van der Waals surface area contributed by atoms with E-state index in [-0.39, 0.29) is 11.4 Å². The van der Waals surface area contributed by atoms with Crippen molar-refractivity contribution in [1.29, 1.82) is 0 Å². The van der Waals surface area contributed by atoms with Crippen LogP contribution in [0.5, 0.6) is 0 Å². The Hall–Kier alpha value is -1.02. The van der Waals surface area contributed by atoms with E-state index in [0.717, 1.165) is 12.1 Å². The maximum Gasteiger partial charge on any atom is 0.240 e. The first kappa shape index (κ1) is 14.0. The van der Waals surface area contributed by atoms with E-state index in [1.165, 1.54) is 19.1 Å². The molecule has 0 spiro atoms. The van der Waals surface area contributed by atoms with Crippen LogP contribution >= 0.6 is 0 Å². The summed E-state index contributed by atoms with van der Waals surface area (Å²) in [5.41, 5.74) is 5.48. The molecule has 1 aromatic carbocycles. The molecule has 17 heavy (non-hydrogen) atoms. The molecule has 0 aliphatic carbocycles. The van der Waals surface area contributed by atoms with E-state index in [4.69, 9.17) is 10.8 Å². The van der Waals surface area contributed by atoms with Gasteiger partial charge in [-0.25, -0.2) is 17.5 Å². The first-order chi connectivity index (χ1) is 7.83. The van der Waals surface area contributed by atoms with Crippen LogP contribution < -0.4 is 10.5 Å². The molecule has 0 saturated heterocycles. The first-order valence-electron chi connectivity index (χ1n) is 5.02. The molecule has 0 fully saturated rings. The summed E-state index contributed by atoms with van der Waals surface area (Å²) in [7, 11) is -3.79. The molecule has 0 aliphatic rings. The zero-order valence-electron chi connectivity index (χ0n) is 9.30. The normalized spacial score (nSPS) is 15.5. The van der Waals surface area contributed by atoms with Gasteiger partial charge in [-0.3, -0.25) is 0 Å². The lowest BCUT2D eigenvalue weighted by Gasteiger charge is -2.15. The molecule has 7 heteroatoms. The minimum absolute atomic E-state index is 0.115. The molecule has 2 unspecified atom stereocenters. The summed E-state index contributed by atoms with van der Waals surface area (Å²) in [6, 6.07) is 3.94. The fourth-order valence-corrected chi connectivity index (χ4v) is 2.20. The van der Waals surface area contributed by atoms with Gasteiger partial charge in [0.1, 0.15) is 5.82 Å². The number of halogens is 1. The average Bonchev–Trinajstić information content (AvgIpc) is 2.26. The Bertz CT molecular complexity index is 476. The lowest BCUT2D eigenvalue weighted by molar-refractivity contribution is 0.164. The molecule has 2 atom stereocenters. The van der Waals surface area contributed by atoms with Crippen molar-refractivity contribution in [2.45, 2.75) is 24.0 Å². The van der Waals surface area contributed by atoms with Crippen molar-refractivity contribution >= 4 is 10.0 Å². The topological polar surface area (TPSA) is 92.4 Å². The van der Waals surface area contributed by atoms with Gasteiger partial charge >= 0.3 is 0 Å². The highest BCUT2D eigenvalue weighted by molar-refractivity contribution is 7.89. The molecular formula is C10H15FN2O3S. The molecule has 0 bridgehead atoms. The van der Waals surface area contributed by atoms with Gasteiger partial charge in [-0.1, -0.05) is 6.07 Å². The SMILES string of the molecule is CC(O)C(N)CNS(=O)(=O)c1cccc(F)c1. The quantitative estimate of drug-likeness (QED) is 0.686. The van der Waals surface area contributed by atoms with Gasteiger partial charge in [-0.15, -0.1) is 0 Å². The van der Waals surface area contributed by atoms with Crippen molar-refractivity contribution in [3.63, 3.8) is 0 Å². The Morgan fingerprint density at radius 1 is 1.53 bits per heavy atom. The van der Waals surface area contributed by atoms with Crippen LogP contribution in [-0.2, 0) is 10.0 Å². The van der Waals surface area contributed by atoms with Crippen molar-refractivity contribution in [3.05, 3.63) is 30.1 Å². The summed E-state index contributed by atoms with van der Waals surface area (Å²) in [4.78, 5) is -0.171. The highest BCUT2D eigenvalue weighted by Crippen LogP contribution is 2.10. The molecule has 0 aliphatic heterocycles. The Balaban J connectivity index is 2.76. The Labute approximate surface area is 99.5 Å². The summed E-state index contributed by atoms with van der Waals surface area (Å²) < 4.78 is 38.5. The Kier molecular flexibility index (Phi) is 4.58. The molecule has 0 radical (unpaired) electrons. The number of benzene rings is 1. The predicted molar refractivity (Wildman–Crippen MR) is 61.2 cm³/mol. The van der Waals surface area contributed by atoms with Crippen LogP contribution in [0.25, 0.3) is 0 Å². The lowest BCUT2D eigenvalue weighted by Crippen LogP contribution is -2.43. The van der Waals surface area contributed by atoms with Gasteiger partial charge in [-0.05, 0) is 25.1 Å². The highest BCUT2D eigenvalue weighted by Gasteiger charge is 2.17. The second kappa shape index (κ2) is 5.54. The third kappa shape index (κ3) is 4.04. The van der Waals surface area contributed by atoms with E-state index in [1.807, 2.05) is 0 Å². The number of sulfonamides is 1. The van der Waals surface area contributed by atoms with Crippen LogP contribution in [0.2, 0.25) is 0 Å². The molecule has 4 N–H and O–H groups in total. The van der Waals surface area contributed by atoms with Crippen LogP contribution in [0.4, 0.5) is 4.39 Å². The number of rotatable bonds is 5. The van der Waals surface area contributed by atoms with Gasteiger partial charge in [-0.2, -0.15) is 0 Å². The van der Waals surface area contributed by atoms with E-state index in [2.05, 4.69) is 4.72 Å². The van der Waals surface area contributed by atoms with Crippen molar-refractivity contribution in [2.24, 2.45) is 5.73 Å². The third-order valence-corrected chi connectivity index (χ3v) is 3.66. The molecule has 1 rings (SSSR count). The fourth-order valence-electron chi connectivity index (χ4n) is 1.09. The second-order valence-corrected chi connectivity index (χ2v) is 5.48. The number of nitrogens with two attached hydrogens (primary N) is 1. The second-order valence-electron chi connectivity index (χ2n) is 3.71. The zero-order chi connectivity index (χ0) is 13.1. The van der Waals surface area contributed by atoms with Gasteiger partial charge in [0, 0.05) is 12.6 Å². The summed E-state index contributed by atoms with van der Waals surface area (Å²) >= 11 is 0. The van der Waals surface area contributed by atoms with Gasteiger partial charge in [0.05, 0.1) is 11.0 Å². The molecule has 0 saturated carbocycles. The van der Waals surface area contributed by atoms with E-state index < -0.39 is 28.0 Å². The van der Waals surface area contributed by atoms with E-state index in [0.29, 0.717) is 0 Å². The summed E-state index contributed by atoms with van der Waals surface area (Å²) in [6.07, 6.45) is -0.829. The number of hydrogen-bond donors (Lipinski definition) is 3. The smallest absolute Gasteiger partial charge is 0.240 e. The van der Waals surface area contributed by atoms with Crippen LogP contribution in [0.3, 0.4) is 0 Å². The van der Waals surface area contributed by atoms with Gasteiger partial charge in [0.25, 0.3) is 0 Å². The molecule has 0 aromatic heterocycles. The number of nitrogens with one attached hydrogen (secondary N) is 1. The molecular weight excluding hydrogens is 247 g/mol. The average molecular weight is 262 g/mol. The van der Waals surface area contributed by atoms with Crippen molar-refractivity contribution in [3.8, 4) is 0 Å². The van der Waals surface area contributed by atoms with Gasteiger partial charge in [0.2, 0.25) is 10.0 Å². The Morgan fingerprint density at radius 3 is 2.71 bits per heavy atom. The van der Waals surface area contributed by atoms with Gasteiger partial charge < -0.3 is 10.8 Å². The molecule has 0 heterocycles. The Morgan fingerprint density at radius 2 is 2.18 bits per heavy atom. The summed E-state index contributed by atoms with van der Waals surface area (Å²) in [5.74, 6) is -0.632. The number of aliphatic hydroxyl groups excluding tert-OH is 1. The lowest BCUT2D eigenvalue weighted by atomic mass is 10.2. The van der Waals surface area contributed by atoms with Crippen LogP contribution in [0, 0.1) is 5.82 Å². The molecule has 1 aromatic rings. The number of aliphatic hydroxyl groups is 1. The largest absolute Gasteiger partial charge is 0.392 e. The third-order valence-electron chi connectivity index (χ3n) is 2.24. The minimum Gasteiger partial charge on any atom is -0.392 e. The zero-order valence-corrected chi connectivity index (χ0v) is 10.1. The standard InChI is InChI=1S/C10H15FN2O3S/c1-7(14)10(12)6-13-17(15,16)9-4-2-3-8(11)5-9/h2-5,7,10,13-14H,6,12H2,1H3.